The summed E-state index contributed by atoms with van der Waals surface area (Å²) in [6, 6.07) is 14.4. The molecule has 8 heteroatoms. The Morgan fingerprint density at radius 1 is 0.968 bits per heavy atom. The molecule has 2 aromatic carbocycles. The molecule has 3 aromatic rings. The highest BCUT2D eigenvalue weighted by Gasteiger charge is 2.50. The lowest BCUT2D eigenvalue weighted by molar-refractivity contribution is -0.153. The third-order valence-corrected chi connectivity index (χ3v) is 6.38. The molecule has 1 aromatic heterocycles. The molecule has 0 aliphatic carbocycles. The highest BCUT2D eigenvalue weighted by Crippen LogP contribution is 2.54. The number of fused-ring (bicyclic) bond motifs is 5. The number of ether oxygens (including phenoxy) is 2. The molecule has 0 fully saturated rings. The van der Waals surface area contributed by atoms with Crippen molar-refractivity contribution in [3.63, 3.8) is 0 Å². The van der Waals surface area contributed by atoms with Crippen LogP contribution in [0.4, 0.5) is 24.5 Å². The molecule has 1 spiro atoms. The van der Waals surface area contributed by atoms with Gasteiger partial charge in [0.15, 0.2) is 6.73 Å². The van der Waals surface area contributed by atoms with Crippen molar-refractivity contribution in [2.24, 2.45) is 0 Å². The molecular formula is C23H19F3N2O3. The van der Waals surface area contributed by atoms with Crippen molar-refractivity contribution in [1.29, 1.82) is 0 Å². The number of halogens is 3. The highest BCUT2D eigenvalue weighted by atomic mass is 19.4. The fourth-order valence-corrected chi connectivity index (χ4v) is 4.92. The van der Waals surface area contributed by atoms with Crippen LogP contribution in [0, 0.1) is 0 Å². The molecule has 1 atom stereocenters. The summed E-state index contributed by atoms with van der Waals surface area (Å²) in [7, 11) is 1.97. The van der Waals surface area contributed by atoms with Gasteiger partial charge in [0.05, 0.1) is 17.6 Å². The normalized spacial score (nSPS) is 21.2. The van der Waals surface area contributed by atoms with Crippen LogP contribution in [0.2, 0.25) is 0 Å². The van der Waals surface area contributed by atoms with Gasteiger partial charge in [-0.3, -0.25) is 0 Å². The lowest BCUT2D eigenvalue weighted by Gasteiger charge is -2.25. The van der Waals surface area contributed by atoms with E-state index in [2.05, 4.69) is 17.0 Å². The molecule has 160 valence electrons. The van der Waals surface area contributed by atoms with Crippen molar-refractivity contribution in [2.45, 2.75) is 18.1 Å². The van der Waals surface area contributed by atoms with Crippen molar-refractivity contribution < 1.29 is 27.1 Å². The molecule has 0 N–H and O–H groups in total. The molecule has 1 unspecified atom stereocenters. The number of furan rings is 1. The Bertz CT molecular complexity index is 1190. The van der Waals surface area contributed by atoms with Crippen LogP contribution in [-0.4, -0.2) is 26.9 Å². The van der Waals surface area contributed by atoms with Crippen LogP contribution in [0.15, 0.2) is 52.9 Å². The lowest BCUT2D eigenvalue weighted by Crippen LogP contribution is -2.35. The smallest absolute Gasteiger partial charge is 0.449 e. The molecule has 31 heavy (non-hydrogen) atoms. The number of hydrogen-bond acceptors (Lipinski definition) is 5. The van der Waals surface area contributed by atoms with Crippen molar-refractivity contribution in [3.8, 4) is 11.5 Å². The maximum Gasteiger partial charge on any atom is 0.449 e. The molecular weight excluding hydrogens is 409 g/mol. The standard InChI is InChI=1S/C23H19F3N2O3/c1-27-13-30-20-8-16-19(9-18(20)27)29-12-22(16)11-28(17-5-3-2-4-15(17)22)10-14-6-7-21(31-14)23(24,25)26/h2-9H,10-13H2,1H3. The second kappa shape index (κ2) is 6.12. The predicted octanol–water partition coefficient (Wildman–Crippen LogP) is 4.78. The van der Waals surface area contributed by atoms with E-state index >= 15 is 0 Å². The number of nitrogens with zero attached hydrogens (tertiary/aromatic N) is 2. The van der Waals surface area contributed by atoms with Crippen molar-refractivity contribution in [3.05, 3.63) is 71.2 Å². The summed E-state index contributed by atoms with van der Waals surface area (Å²) in [6.45, 7) is 1.78. The molecule has 0 saturated carbocycles. The van der Waals surface area contributed by atoms with Crippen LogP contribution in [0.5, 0.6) is 11.5 Å². The molecule has 3 aliphatic heterocycles. The summed E-state index contributed by atoms with van der Waals surface area (Å²) in [6.07, 6.45) is -4.49. The number of alkyl halides is 3. The number of benzene rings is 2. The minimum Gasteiger partial charge on any atom is -0.492 e. The molecule has 0 radical (unpaired) electrons. The SMILES string of the molecule is CN1COc2cc3c(cc21)OCC31CN(Cc2ccc(C(F)(F)F)o2)c2ccccc21. The first-order valence-electron chi connectivity index (χ1n) is 10.0. The van der Waals surface area contributed by atoms with Gasteiger partial charge in [0.2, 0.25) is 5.76 Å². The van der Waals surface area contributed by atoms with Gasteiger partial charge in [-0.15, -0.1) is 0 Å². The van der Waals surface area contributed by atoms with Gasteiger partial charge < -0.3 is 23.7 Å². The van der Waals surface area contributed by atoms with Gasteiger partial charge in [0, 0.05) is 30.9 Å². The van der Waals surface area contributed by atoms with E-state index in [-0.39, 0.29) is 12.3 Å². The van der Waals surface area contributed by atoms with E-state index in [1.807, 2.05) is 36.2 Å². The van der Waals surface area contributed by atoms with Gasteiger partial charge in [0.1, 0.15) is 23.9 Å². The van der Waals surface area contributed by atoms with Gasteiger partial charge in [0.25, 0.3) is 0 Å². The number of anilines is 2. The van der Waals surface area contributed by atoms with Crippen LogP contribution in [0.1, 0.15) is 22.6 Å². The largest absolute Gasteiger partial charge is 0.492 e. The van der Waals surface area contributed by atoms with Crippen molar-refractivity contribution in [1.82, 2.24) is 0 Å². The quantitative estimate of drug-likeness (QED) is 0.587. The molecule has 6 rings (SSSR count). The fourth-order valence-electron chi connectivity index (χ4n) is 4.92. The Morgan fingerprint density at radius 3 is 2.61 bits per heavy atom. The van der Waals surface area contributed by atoms with Gasteiger partial charge in [-0.2, -0.15) is 13.2 Å². The monoisotopic (exact) mass is 428 g/mol. The Kier molecular flexibility index (Phi) is 3.65. The molecule has 0 bridgehead atoms. The first kappa shape index (κ1) is 18.5. The summed E-state index contributed by atoms with van der Waals surface area (Å²) in [4.78, 5) is 4.08. The molecule has 3 aliphatic rings. The summed E-state index contributed by atoms with van der Waals surface area (Å²) < 4.78 is 55.9. The van der Waals surface area contributed by atoms with E-state index in [4.69, 9.17) is 13.9 Å². The Balaban J connectivity index is 1.39. The third kappa shape index (κ3) is 2.63. The zero-order valence-corrected chi connectivity index (χ0v) is 16.7. The van der Waals surface area contributed by atoms with Crippen LogP contribution < -0.4 is 19.3 Å². The third-order valence-electron chi connectivity index (χ3n) is 6.38. The van der Waals surface area contributed by atoms with Gasteiger partial charge in [-0.1, -0.05) is 18.2 Å². The molecule has 5 nitrogen and oxygen atoms in total. The van der Waals surface area contributed by atoms with E-state index in [1.54, 1.807) is 0 Å². The lowest BCUT2D eigenvalue weighted by atomic mass is 9.77. The van der Waals surface area contributed by atoms with E-state index in [9.17, 15) is 13.2 Å². The minimum absolute atomic E-state index is 0.244. The van der Waals surface area contributed by atoms with Gasteiger partial charge >= 0.3 is 6.18 Å². The molecule has 0 saturated heterocycles. The first-order chi connectivity index (χ1) is 14.8. The van der Waals surface area contributed by atoms with Crippen LogP contribution in [0.25, 0.3) is 0 Å². The summed E-state index contributed by atoms with van der Waals surface area (Å²) >= 11 is 0. The maximum absolute atomic E-state index is 13.0. The van der Waals surface area contributed by atoms with Crippen molar-refractivity contribution >= 4 is 11.4 Å². The average molecular weight is 428 g/mol. The number of para-hydroxylation sites is 1. The topological polar surface area (TPSA) is 38.1 Å². The first-order valence-corrected chi connectivity index (χ1v) is 10.0. The predicted molar refractivity (Wildman–Crippen MR) is 108 cm³/mol. The maximum atomic E-state index is 13.0. The highest BCUT2D eigenvalue weighted by molar-refractivity contribution is 5.74. The van der Waals surface area contributed by atoms with E-state index < -0.39 is 17.4 Å². The van der Waals surface area contributed by atoms with Gasteiger partial charge in [-0.25, -0.2) is 0 Å². The van der Waals surface area contributed by atoms with Crippen LogP contribution in [-0.2, 0) is 18.1 Å². The minimum atomic E-state index is -4.49. The number of hydrogen-bond donors (Lipinski definition) is 0. The zero-order chi connectivity index (χ0) is 21.4. The van der Waals surface area contributed by atoms with Crippen LogP contribution in [0.3, 0.4) is 0 Å². The fraction of sp³-hybridized carbons (Fsp3) is 0.304. The van der Waals surface area contributed by atoms with Gasteiger partial charge in [-0.05, 0) is 29.8 Å². The van der Waals surface area contributed by atoms with E-state index in [0.29, 0.717) is 19.9 Å². The Labute approximate surface area is 176 Å². The average Bonchev–Trinajstić information content (AvgIpc) is 3.50. The van der Waals surface area contributed by atoms with Crippen molar-refractivity contribution in [2.75, 3.05) is 36.7 Å². The number of rotatable bonds is 2. The zero-order valence-electron chi connectivity index (χ0n) is 16.7. The summed E-state index contributed by atoms with van der Waals surface area (Å²) in [5.41, 5.74) is 3.71. The van der Waals surface area contributed by atoms with E-state index in [1.165, 1.54) is 6.07 Å². The second-order valence-electron chi connectivity index (χ2n) is 8.30. The summed E-state index contributed by atoms with van der Waals surface area (Å²) in [5, 5.41) is 0. The Hall–Kier alpha value is -3.29. The summed E-state index contributed by atoms with van der Waals surface area (Å²) in [5.74, 6) is 0.946. The molecule has 0 amide bonds. The molecule has 4 heterocycles. The van der Waals surface area contributed by atoms with Crippen LogP contribution >= 0.6 is 0 Å². The second-order valence-corrected chi connectivity index (χ2v) is 8.30. The Morgan fingerprint density at radius 2 is 1.81 bits per heavy atom. The van der Waals surface area contributed by atoms with E-state index in [0.717, 1.165) is 40.1 Å².